The van der Waals surface area contributed by atoms with Crippen LogP contribution in [0.15, 0.2) is 34.0 Å². The zero-order valence-electron chi connectivity index (χ0n) is 12.9. The minimum absolute atomic E-state index is 0.0106. The molecule has 1 aromatic carbocycles. The number of amides is 1. The normalized spacial score (nSPS) is 14.7. The molecule has 1 N–H and O–H groups in total. The molecule has 2 aromatic rings. The van der Waals surface area contributed by atoms with Gasteiger partial charge < -0.3 is 15.0 Å². The van der Waals surface area contributed by atoms with E-state index in [0.717, 1.165) is 47.7 Å². The monoisotopic (exact) mass is 349 g/mol. The molecule has 1 aliphatic rings. The van der Waals surface area contributed by atoms with Crippen LogP contribution in [0.5, 0.6) is 0 Å². The number of rotatable bonds is 5. The highest BCUT2D eigenvalue weighted by atomic mass is 32.2. The number of para-hydroxylation sites is 2. The largest absolute Gasteiger partial charge is 0.378 e. The van der Waals surface area contributed by atoms with Crippen molar-refractivity contribution in [1.29, 1.82) is 0 Å². The second kappa shape index (κ2) is 7.81. The van der Waals surface area contributed by atoms with Crippen LogP contribution in [0.4, 0.5) is 11.4 Å². The van der Waals surface area contributed by atoms with Gasteiger partial charge in [-0.1, -0.05) is 23.9 Å². The van der Waals surface area contributed by atoms with Crippen LogP contribution in [0.2, 0.25) is 0 Å². The number of anilines is 2. The van der Waals surface area contributed by atoms with Crippen molar-refractivity contribution in [1.82, 2.24) is 4.98 Å². The van der Waals surface area contributed by atoms with Crippen LogP contribution in [0, 0.1) is 6.92 Å². The number of thiazole rings is 1. The molecule has 7 heteroatoms. The average molecular weight is 349 g/mol. The summed E-state index contributed by atoms with van der Waals surface area (Å²) >= 11 is 3.05. The predicted molar refractivity (Wildman–Crippen MR) is 95.7 cm³/mol. The molecule has 0 saturated carbocycles. The van der Waals surface area contributed by atoms with Crippen molar-refractivity contribution in [3.63, 3.8) is 0 Å². The third kappa shape index (κ3) is 4.46. The molecule has 0 bridgehead atoms. The van der Waals surface area contributed by atoms with Crippen LogP contribution < -0.4 is 10.2 Å². The van der Waals surface area contributed by atoms with Crippen molar-refractivity contribution in [2.75, 3.05) is 42.3 Å². The molecule has 2 heterocycles. The predicted octanol–water partition coefficient (Wildman–Crippen LogP) is 3.02. The number of morpholine rings is 1. The molecule has 0 aliphatic carbocycles. The van der Waals surface area contributed by atoms with Gasteiger partial charge in [0.25, 0.3) is 0 Å². The molecule has 1 amide bonds. The van der Waals surface area contributed by atoms with Gasteiger partial charge in [0, 0.05) is 24.2 Å². The summed E-state index contributed by atoms with van der Waals surface area (Å²) < 4.78 is 6.32. The van der Waals surface area contributed by atoms with E-state index in [0.29, 0.717) is 5.75 Å². The number of aryl methyl sites for hydroxylation is 1. The Bertz CT molecular complexity index is 669. The smallest absolute Gasteiger partial charge is 0.234 e. The average Bonchev–Trinajstić information content (AvgIpc) is 3.00. The minimum Gasteiger partial charge on any atom is -0.378 e. The summed E-state index contributed by atoms with van der Waals surface area (Å²) in [5.74, 6) is 0.355. The topological polar surface area (TPSA) is 54.5 Å². The van der Waals surface area contributed by atoms with Gasteiger partial charge in [-0.3, -0.25) is 4.79 Å². The Morgan fingerprint density at radius 2 is 2.17 bits per heavy atom. The summed E-state index contributed by atoms with van der Waals surface area (Å²) in [4.78, 5) is 18.8. The molecule has 0 atom stereocenters. The number of benzene rings is 1. The van der Waals surface area contributed by atoms with E-state index < -0.39 is 0 Å². The summed E-state index contributed by atoms with van der Waals surface area (Å²) in [6.07, 6.45) is 0. The zero-order valence-corrected chi connectivity index (χ0v) is 14.6. The van der Waals surface area contributed by atoms with Crippen molar-refractivity contribution in [2.45, 2.75) is 11.3 Å². The number of ether oxygens (including phenoxy) is 1. The van der Waals surface area contributed by atoms with Gasteiger partial charge >= 0.3 is 0 Å². The van der Waals surface area contributed by atoms with Gasteiger partial charge in [-0.2, -0.15) is 0 Å². The molecule has 3 rings (SSSR count). The summed E-state index contributed by atoms with van der Waals surface area (Å²) in [5, 5.41) is 5.01. The lowest BCUT2D eigenvalue weighted by molar-refractivity contribution is -0.113. The van der Waals surface area contributed by atoms with E-state index in [-0.39, 0.29) is 5.91 Å². The number of carbonyl (C=O) groups excluding carboxylic acids is 1. The van der Waals surface area contributed by atoms with Crippen LogP contribution in [0.3, 0.4) is 0 Å². The van der Waals surface area contributed by atoms with Crippen molar-refractivity contribution < 1.29 is 9.53 Å². The number of nitrogens with zero attached hydrogens (tertiary/aromatic N) is 2. The van der Waals surface area contributed by atoms with Gasteiger partial charge in [-0.15, -0.1) is 11.3 Å². The van der Waals surface area contributed by atoms with Gasteiger partial charge in [-0.25, -0.2) is 4.98 Å². The highest BCUT2D eigenvalue weighted by Crippen LogP contribution is 2.27. The summed E-state index contributed by atoms with van der Waals surface area (Å²) in [6, 6.07) is 7.92. The highest BCUT2D eigenvalue weighted by molar-refractivity contribution is 8.01. The molecule has 122 valence electrons. The van der Waals surface area contributed by atoms with Gasteiger partial charge in [-0.05, 0) is 19.1 Å². The van der Waals surface area contributed by atoms with Crippen LogP contribution in [0.25, 0.3) is 0 Å². The Labute approximate surface area is 144 Å². The third-order valence-corrected chi connectivity index (χ3v) is 5.59. The lowest BCUT2D eigenvalue weighted by Crippen LogP contribution is -2.36. The molecule has 0 spiro atoms. The van der Waals surface area contributed by atoms with E-state index in [1.807, 2.05) is 36.6 Å². The number of hydrogen-bond acceptors (Lipinski definition) is 6. The summed E-state index contributed by atoms with van der Waals surface area (Å²) in [5.41, 5.74) is 2.91. The first kappa shape index (κ1) is 16.3. The molecule has 0 radical (unpaired) electrons. The molecule has 1 fully saturated rings. The van der Waals surface area contributed by atoms with E-state index in [1.165, 1.54) is 11.8 Å². The molecule has 0 unspecified atom stereocenters. The number of hydrogen-bond donors (Lipinski definition) is 1. The van der Waals surface area contributed by atoms with Gasteiger partial charge in [0.15, 0.2) is 4.34 Å². The highest BCUT2D eigenvalue weighted by Gasteiger charge is 2.16. The van der Waals surface area contributed by atoms with E-state index in [9.17, 15) is 4.79 Å². The fraction of sp³-hybridized carbons (Fsp3) is 0.375. The fourth-order valence-corrected chi connectivity index (χ4v) is 4.02. The second-order valence-electron chi connectivity index (χ2n) is 5.21. The Balaban J connectivity index is 1.61. The first-order valence-corrected chi connectivity index (χ1v) is 9.35. The van der Waals surface area contributed by atoms with E-state index in [4.69, 9.17) is 4.74 Å². The maximum Gasteiger partial charge on any atom is 0.234 e. The van der Waals surface area contributed by atoms with Crippen LogP contribution in [0.1, 0.15) is 5.69 Å². The van der Waals surface area contributed by atoms with E-state index >= 15 is 0 Å². The Kier molecular flexibility index (Phi) is 5.53. The number of nitrogens with one attached hydrogen (secondary N) is 1. The molecule has 1 saturated heterocycles. The standard InChI is InChI=1S/C16H19N3O2S2/c1-12-10-22-16(17-12)23-11-15(20)18-13-4-2-3-5-14(13)19-6-8-21-9-7-19/h2-5,10H,6-9,11H2,1H3,(H,18,20). The van der Waals surface area contributed by atoms with E-state index in [1.54, 1.807) is 11.3 Å². The number of aromatic nitrogens is 1. The minimum atomic E-state index is -0.0106. The first-order chi connectivity index (χ1) is 11.2. The maximum absolute atomic E-state index is 12.2. The zero-order chi connectivity index (χ0) is 16.1. The molecular weight excluding hydrogens is 330 g/mol. The lowest BCUT2D eigenvalue weighted by atomic mass is 10.2. The Morgan fingerprint density at radius 1 is 1.39 bits per heavy atom. The van der Waals surface area contributed by atoms with Crippen molar-refractivity contribution in [3.8, 4) is 0 Å². The summed E-state index contributed by atoms with van der Waals surface area (Å²) in [6.45, 7) is 5.10. The molecule has 1 aromatic heterocycles. The molecular formula is C16H19N3O2S2. The van der Waals surface area contributed by atoms with Gasteiger partial charge in [0.2, 0.25) is 5.91 Å². The molecule has 1 aliphatic heterocycles. The first-order valence-electron chi connectivity index (χ1n) is 7.49. The van der Waals surface area contributed by atoms with Crippen molar-refractivity contribution in [2.24, 2.45) is 0 Å². The lowest BCUT2D eigenvalue weighted by Gasteiger charge is -2.30. The molecule has 23 heavy (non-hydrogen) atoms. The SMILES string of the molecule is Cc1csc(SCC(=O)Nc2ccccc2N2CCOCC2)n1. The Morgan fingerprint density at radius 3 is 2.91 bits per heavy atom. The summed E-state index contributed by atoms with van der Waals surface area (Å²) in [7, 11) is 0. The number of thioether (sulfide) groups is 1. The number of carbonyl (C=O) groups is 1. The Hall–Kier alpha value is -1.57. The van der Waals surface area contributed by atoms with Crippen LogP contribution in [-0.4, -0.2) is 42.9 Å². The van der Waals surface area contributed by atoms with E-state index in [2.05, 4.69) is 15.2 Å². The second-order valence-corrected chi connectivity index (χ2v) is 7.29. The van der Waals surface area contributed by atoms with Crippen LogP contribution in [-0.2, 0) is 9.53 Å². The van der Waals surface area contributed by atoms with Crippen molar-refractivity contribution in [3.05, 3.63) is 35.3 Å². The van der Waals surface area contributed by atoms with Crippen molar-refractivity contribution >= 4 is 40.4 Å². The fourth-order valence-electron chi connectivity index (χ4n) is 2.37. The third-order valence-electron chi connectivity index (χ3n) is 3.45. The van der Waals surface area contributed by atoms with Gasteiger partial charge in [0.1, 0.15) is 0 Å². The molecule has 5 nitrogen and oxygen atoms in total. The maximum atomic E-state index is 12.2. The quantitative estimate of drug-likeness (QED) is 0.841. The van der Waals surface area contributed by atoms with Gasteiger partial charge in [0.05, 0.1) is 30.3 Å². The van der Waals surface area contributed by atoms with Crippen LogP contribution >= 0.6 is 23.1 Å².